The lowest BCUT2D eigenvalue weighted by Gasteiger charge is -2.29. The molecule has 88 valence electrons. The molecule has 1 aliphatic rings. The van der Waals surface area contributed by atoms with Crippen LogP contribution in [0.2, 0.25) is 0 Å². The van der Waals surface area contributed by atoms with Gasteiger partial charge >= 0.3 is 0 Å². The Balaban J connectivity index is 2.42. The van der Waals surface area contributed by atoms with Gasteiger partial charge in [-0.3, -0.25) is 0 Å². The molecular weight excluding hydrogens is 200 g/mol. The normalized spacial score (nSPS) is 19.7. The van der Waals surface area contributed by atoms with Crippen LogP contribution >= 0.6 is 0 Å². The molecule has 1 atom stereocenters. The standard InChI is InChI=1S/C13H20N2O/c1-4-15-10(2)7-8-14-12-6-5-11(16-3)9-13(12)15/h5-6,9-10,14H,4,7-8H2,1-3H3. The Hall–Kier alpha value is -1.38. The molecule has 1 heterocycles. The molecule has 3 heteroatoms. The first-order valence-corrected chi connectivity index (χ1v) is 5.94. The second-order valence-electron chi connectivity index (χ2n) is 4.23. The summed E-state index contributed by atoms with van der Waals surface area (Å²) < 4.78 is 5.29. The maximum absolute atomic E-state index is 5.29. The molecular formula is C13H20N2O. The van der Waals surface area contributed by atoms with E-state index in [4.69, 9.17) is 4.74 Å². The quantitative estimate of drug-likeness (QED) is 0.829. The van der Waals surface area contributed by atoms with E-state index in [1.807, 2.05) is 6.07 Å². The average molecular weight is 220 g/mol. The maximum atomic E-state index is 5.29. The van der Waals surface area contributed by atoms with E-state index in [9.17, 15) is 0 Å². The zero-order valence-corrected chi connectivity index (χ0v) is 10.3. The van der Waals surface area contributed by atoms with E-state index in [0.29, 0.717) is 6.04 Å². The summed E-state index contributed by atoms with van der Waals surface area (Å²) in [7, 11) is 1.71. The SMILES string of the molecule is CCN1c2cc(OC)ccc2NCCC1C. The van der Waals surface area contributed by atoms with Crippen LogP contribution in [-0.2, 0) is 0 Å². The van der Waals surface area contributed by atoms with Crippen molar-refractivity contribution >= 4 is 11.4 Å². The fourth-order valence-electron chi connectivity index (χ4n) is 2.32. The van der Waals surface area contributed by atoms with Crippen LogP contribution in [0, 0.1) is 0 Å². The number of rotatable bonds is 2. The van der Waals surface area contributed by atoms with Gasteiger partial charge in [0.15, 0.2) is 0 Å². The number of methoxy groups -OCH3 is 1. The van der Waals surface area contributed by atoms with Gasteiger partial charge in [-0.05, 0) is 32.4 Å². The summed E-state index contributed by atoms with van der Waals surface area (Å²) in [5.41, 5.74) is 2.47. The van der Waals surface area contributed by atoms with Crippen molar-refractivity contribution in [2.75, 3.05) is 30.4 Å². The van der Waals surface area contributed by atoms with Gasteiger partial charge in [-0.2, -0.15) is 0 Å². The third-order valence-electron chi connectivity index (χ3n) is 3.26. The van der Waals surface area contributed by atoms with Gasteiger partial charge < -0.3 is 15.0 Å². The fourth-order valence-corrected chi connectivity index (χ4v) is 2.32. The summed E-state index contributed by atoms with van der Waals surface area (Å²) in [6.07, 6.45) is 1.17. The minimum atomic E-state index is 0.575. The van der Waals surface area contributed by atoms with Crippen LogP contribution in [-0.4, -0.2) is 26.2 Å². The molecule has 0 saturated carbocycles. The van der Waals surface area contributed by atoms with Crippen LogP contribution in [0.1, 0.15) is 20.3 Å². The molecule has 1 aromatic carbocycles. The Morgan fingerprint density at radius 1 is 1.50 bits per heavy atom. The van der Waals surface area contributed by atoms with E-state index in [1.54, 1.807) is 7.11 Å². The summed E-state index contributed by atoms with van der Waals surface area (Å²) in [4.78, 5) is 2.43. The van der Waals surface area contributed by atoms with Crippen LogP contribution in [0.4, 0.5) is 11.4 Å². The first-order valence-electron chi connectivity index (χ1n) is 5.94. The molecule has 1 aromatic rings. The second kappa shape index (κ2) is 4.64. The Kier molecular flexibility index (Phi) is 3.22. The Bertz CT molecular complexity index is 365. The highest BCUT2D eigenvalue weighted by Gasteiger charge is 2.19. The highest BCUT2D eigenvalue weighted by Crippen LogP contribution is 2.33. The highest BCUT2D eigenvalue weighted by molar-refractivity contribution is 5.73. The third kappa shape index (κ3) is 1.94. The molecule has 1 unspecified atom stereocenters. The molecule has 0 bridgehead atoms. The predicted molar refractivity (Wildman–Crippen MR) is 68.6 cm³/mol. The number of ether oxygens (including phenoxy) is 1. The fraction of sp³-hybridized carbons (Fsp3) is 0.538. The van der Waals surface area contributed by atoms with Gasteiger partial charge in [0, 0.05) is 25.2 Å². The lowest BCUT2D eigenvalue weighted by Crippen LogP contribution is -2.32. The van der Waals surface area contributed by atoms with Gasteiger partial charge in [0.1, 0.15) is 5.75 Å². The first-order chi connectivity index (χ1) is 7.76. The van der Waals surface area contributed by atoms with Crippen molar-refractivity contribution in [2.45, 2.75) is 26.3 Å². The van der Waals surface area contributed by atoms with Gasteiger partial charge in [-0.15, -0.1) is 0 Å². The van der Waals surface area contributed by atoms with Crippen molar-refractivity contribution in [1.82, 2.24) is 0 Å². The van der Waals surface area contributed by atoms with Gasteiger partial charge in [0.2, 0.25) is 0 Å². The van der Waals surface area contributed by atoms with Crippen LogP contribution < -0.4 is 15.0 Å². The number of anilines is 2. The van der Waals surface area contributed by atoms with Crippen molar-refractivity contribution in [2.24, 2.45) is 0 Å². The average Bonchev–Trinajstić information content (AvgIpc) is 2.46. The minimum Gasteiger partial charge on any atom is -0.497 e. The van der Waals surface area contributed by atoms with E-state index in [0.717, 1.165) is 18.8 Å². The molecule has 0 fully saturated rings. The Morgan fingerprint density at radius 2 is 2.31 bits per heavy atom. The van der Waals surface area contributed by atoms with Crippen molar-refractivity contribution < 1.29 is 4.74 Å². The molecule has 16 heavy (non-hydrogen) atoms. The van der Waals surface area contributed by atoms with Crippen molar-refractivity contribution in [3.8, 4) is 5.75 Å². The minimum absolute atomic E-state index is 0.575. The molecule has 3 nitrogen and oxygen atoms in total. The molecule has 0 aromatic heterocycles. The van der Waals surface area contributed by atoms with Crippen molar-refractivity contribution in [3.05, 3.63) is 18.2 Å². The number of hydrogen-bond donors (Lipinski definition) is 1. The van der Waals surface area contributed by atoms with Gasteiger partial charge in [-0.1, -0.05) is 0 Å². The lowest BCUT2D eigenvalue weighted by atomic mass is 10.2. The van der Waals surface area contributed by atoms with Gasteiger partial charge in [-0.25, -0.2) is 0 Å². The predicted octanol–water partition coefficient (Wildman–Crippen LogP) is 2.73. The summed E-state index contributed by atoms with van der Waals surface area (Å²) in [5, 5.41) is 3.47. The van der Waals surface area contributed by atoms with Crippen LogP contribution in [0.3, 0.4) is 0 Å². The number of nitrogens with zero attached hydrogens (tertiary/aromatic N) is 1. The molecule has 0 aliphatic carbocycles. The molecule has 0 radical (unpaired) electrons. The molecule has 0 spiro atoms. The van der Waals surface area contributed by atoms with E-state index >= 15 is 0 Å². The Labute approximate surface area is 97.4 Å². The molecule has 2 rings (SSSR count). The largest absolute Gasteiger partial charge is 0.497 e. The zero-order valence-electron chi connectivity index (χ0n) is 10.3. The van der Waals surface area contributed by atoms with Crippen LogP contribution in [0.5, 0.6) is 5.75 Å². The van der Waals surface area contributed by atoms with Crippen molar-refractivity contribution in [3.63, 3.8) is 0 Å². The topological polar surface area (TPSA) is 24.5 Å². The number of nitrogens with one attached hydrogen (secondary N) is 1. The third-order valence-corrected chi connectivity index (χ3v) is 3.26. The van der Waals surface area contributed by atoms with Crippen LogP contribution in [0.15, 0.2) is 18.2 Å². The summed E-state index contributed by atoms with van der Waals surface area (Å²) in [5.74, 6) is 0.924. The molecule has 1 N–H and O–H groups in total. The Morgan fingerprint density at radius 3 is 3.00 bits per heavy atom. The summed E-state index contributed by atoms with van der Waals surface area (Å²) >= 11 is 0. The van der Waals surface area contributed by atoms with E-state index in [2.05, 4.69) is 36.2 Å². The smallest absolute Gasteiger partial charge is 0.121 e. The van der Waals surface area contributed by atoms with Gasteiger partial charge in [0.25, 0.3) is 0 Å². The monoisotopic (exact) mass is 220 g/mol. The van der Waals surface area contributed by atoms with E-state index in [1.165, 1.54) is 17.8 Å². The molecule has 0 saturated heterocycles. The lowest BCUT2D eigenvalue weighted by molar-refractivity contribution is 0.414. The zero-order chi connectivity index (χ0) is 11.5. The van der Waals surface area contributed by atoms with E-state index in [-0.39, 0.29) is 0 Å². The van der Waals surface area contributed by atoms with Gasteiger partial charge in [0.05, 0.1) is 18.5 Å². The first kappa shape index (κ1) is 11.1. The molecule has 1 aliphatic heterocycles. The molecule has 0 amide bonds. The summed E-state index contributed by atoms with van der Waals surface area (Å²) in [6.45, 7) is 6.55. The number of hydrogen-bond acceptors (Lipinski definition) is 3. The number of benzene rings is 1. The highest BCUT2D eigenvalue weighted by atomic mass is 16.5. The van der Waals surface area contributed by atoms with Crippen molar-refractivity contribution in [1.29, 1.82) is 0 Å². The number of fused-ring (bicyclic) bond motifs is 1. The van der Waals surface area contributed by atoms with E-state index < -0.39 is 0 Å². The second-order valence-corrected chi connectivity index (χ2v) is 4.23. The maximum Gasteiger partial charge on any atom is 0.121 e. The summed E-state index contributed by atoms with van der Waals surface area (Å²) in [6, 6.07) is 6.81. The van der Waals surface area contributed by atoms with Crippen LogP contribution in [0.25, 0.3) is 0 Å².